The molecule has 1 fully saturated rings. The molecule has 2 nitrogen and oxygen atoms in total. The molecule has 0 spiro atoms. The summed E-state index contributed by atoms with van der Waals surface area (Å²) in [5.74, 6) is 0. The van der Waals surface area contributed by atoms with Gasteiger partial charge in [0.15, 0.2) is 0 Å². The standard InChI is InChI=1S/C11H22N2/c1-4-5-11(2)10-13-8-6-12(3)7-9-13/h5H,4,6-10H2,1-3H3. The van der Waals surface area contributed by atoms with E-state index in [1.807, 2.05) is 0 Å². The molecule has 0 unspecified atom stereocenters. The van der Waals surface area contributed by atoms with Gasteiger partial charge in [-0.15, -0.1) is 0 Å². The molecule has 0 amide bonds. The van der Waals surface area contributed by atoms with E-state index in [0.29, 0.717) is 0 Å². The van der Waals surface area contributed by atoms with Crippen molar-refractivity contribution in [1.82, 2.24) is 9.80 Å². The zero-order valence-corrected chi connectivity index (χ0v) is 9.21. The Morgan fingerprint density at radius 3 is 2.38 bits per heavy atom. The second-order valence-corrected chi connectivity index (χ2v) is 4.04. The van der Waals surface area contributed by atoms with Gasteiger partial charge >= 0.3 is 0 Å². The molecular weight excluding hydrogens is 160 g/mol. The van der Waals surface area contributed by atoms with Gasteiger partial charge in [0.25, 0.3) is 0 Å². The van der Waals surface area contributed by atoms with Crippen LogP contribution >= 0.6 is 0 Å². The van der Waals surface area contributed by atoms with Crippen molar-refractivity contribution in [3.05, 3.63) is 11.6 Å². The first-order valence-corrected chi connectivity index (χ1v) is 5.29. The van der Waals surface area contributed by atoms with Crippen LogP contribution < -0.4 is 0 Å². The molecule has 0 atom stereocenters. The van der Waals surface area contributed by atoms with E-state index in [1.165, 1.54) is 44.7 Å². The Hall–Kier alpha value is -0.340. The molecule has 0 radical (unpaired) electrons. The summed E-state index contributed by atoms with van der Waals surface area (Å²) in [6.45, 7) is 10.5. The van der Waals surface area contributed by atoms with Crippen molar-refractivity contribution >= 4 is 0 Å². The van der Waals surface area contributed by atoms with Gasteiger partial charge in [0.1, 0.15) is 0 Å². The Morgan fingerprint density at radius 2 is 1.85 bits per heavy atom. The summed E-state index contributed by atoms with van der Waals surface area (Å²) in [6.07, 6.45) is 3.50. The van der Waals surface area contributed by atoms with Gasteiger partial charge in [-0.3, -0.25) is 4.90 Å². The molecule has 0 aliphatic carbocycles. The molecule has 0 N–H and O–H groups in total. The molecule has 0 aromatic carbocycles. The average molecular weight is 182 g/mol. The first kappa shape index (κ1) is 10.7. The van der Waals surface area contributed by atoms with Gasteiger partial charge < -0.3 is 4.90 Å². The molecule has 2 heteroatoms. The lowest BCUT2D eigenvalue weighted by molar-refractivity contribution is 0.164. The van der Waals surface area contributed by atoms with Crippen LogP contribution in [0.25, 0.3) is 0 Å². The van der Waals surface area contributed by atoms with Crippen LogP contribution in [0.1, 0.15) is 20.3 Å². The van der Waals surface area contributed by atoms with Crippen LogP contribution in [-0.4, -0.2) is 49.6 Å². The van der Waals surface area contributed by atoms with E-state index in [-0.39, 0.29) is 0 Å². The van der Waals surface area contributed by atoms with Crippen molar-refractivity contribution < 1.29 is 0 Å². The zero-order valence-electron chi connectivity index (χ0n) is 9.21. The minimum atomic E-state index is 1.17. The van der Waals surface area contributed by atoms with Crippen molar-refractivity contribution in [1.29, 1.82) is 0 Å². The van der Waals surface area contributed by atoms with Crippen molar-refractivity contribution in [2.75, 3.05) is 39.8 Å². The highest BCUT2D eigenvalue weighted by Crippen LogP contribution is 2.03. The molecule has 0 aromatic heterocycles. The summed E-state index contributed by atoms with van der Waals surface area (Å²) in [7, 11) is 2.20. The molecule has 1 heterocycles. The summed E-state index contributed by atoms with van der Waals surface area (Å²) in [6, 6.07) is 0. The first-order valence-electron chi connectivity index (χ1n) is 5.29. The van der Waals surface area contributed by atoms with Crippen molar-refractivity contribution in [3.63, 3.8) is 0 Å². The fraction of sp³-hybridized carbons (Fsp3) is 0.818. The van der Waals surface area contributed by atoms with Crippen LogP contribution in [0, 0.1) is 0 Å². The smallest absolute Gasteiger partial charge is 0.0191 e. The monoisotopic (exact) mass is 182 g/mol. The highest BCUT2D eigenvalue weighted by Gasteiger charge is 2.12. The maximum atomic E-state index is 2.54. The predicted molar refractivity (Wildman–Crippen MR) is 58.0 cm³/mol. The number of likely N-dealkylation sites (N-methyl/N-ethyl adjacent to an activating group) is 1. The summed E-state index contributed by atoms with van der Waals surface area (Å²) < 4.78 is 0. The maximum Gasteiger partial charge on any atom is 0.0191 e. The Bertz CT molecular complexity index is 167. The number of hydrogen-bond donors (Lipinski definition) is 0. The zero-order chi connectivity index (χ0) is 9.68. The van der Waals surface area contributed by atoms with E-state index >= 15 is 0 Å². The summed E-state index contributed by atoms with van der Waals surface area (Å²) >= 11 is 0. The quantitative estimate of drug-likeness (QED) is 0.612. The lowest BCUT2D eigenvalue weighted by Crippen LogP contribution is -2.44. The highest BCUT2D eigenvalue weighted by atomic mass is 15.2. The third-order valence-electron chi connectivity index (χ3n) is 2.62. The topological polar surface area (TPSA) is 6.48 Å². The van der Waals surface area contributed by atoms with Gasteiger partial charge in [-0.25, -0.2) is 0 Å². The van der Waals surface area contributed by atoms with Gasteiger partial charge in [-0.1, -0.05) is 18.6 Å². The minimum Gasteiger partial charge on any atom is -0.304 e. The van der Waals surface area contributed by atoms with E-state index in [1.54, 1.807) is 0 Å². The number of nitrogens with zero attached hydrogens (tertiary/aromatic N) is 2. The molecule has 76 valence electrons. The normalized spacial score (nSPS) is 22.2. The van der Waals surface area contributed by atoms with Gasteiger partial charge in [-0.2, -0.15) is 0 Å². The van der Waals surface area contributed by atoms with Gasteiger partial charge in [0, 0.05) is 32.7 Å². The minimum absolute atomic E-state index is 1.17. The molecule has 1 aliphatic heterocycles. The van der Waals surface area contributed by atoms with Crippen LogP contribution in [0.2, 0.25) is 0 Å². The lowest BCUT2D eigenvalue weighted by atomic mass is 10.2. The lowest BCUT2D eigenvalue weighted by Gasteiger charge is -2.32. The van der Waals surface area contributed by atoms with Crippen molar-refractivity contribution in [2.45, 2.75) is 20.3 Å². The molecule has 1 rings (SSSR count). The number of rotatable bonds is 3. The molecule has 1 aliphatic rings. The van der Waals surface area contributed by atoms with Crippen molar-refractivity contribution in [2.24, 2.45) is 0 Å². The van der Waals surface area contributed by atoms with Crippen LogP contribution in [-0.2, 0) is 0 Å². The Balaban J connectivity index is 2.26. The van der Waals surface area contributed by atoms with E-state index in [4.69, 9.17) is 0 Å². The fourth-order valence-corrected chi connectivity index (χ4v) is 1.77. The Kier molecular flexibility index (Phi) is 4.46. The second-order valence-electron chi connectivity index (χ2n) is 4.04. The first-order chi connectivity index (χ1) is 6.22. The third-order valence-corrected chi connectivity index (χ3v) is 2.62. The van der Waals surface area contributed by atoms with Gasteiger partial charge in [-0.05, 0) is 20.4 Å². The average Bonchev–Trinajstić information content (AvgIpc) is 2.09. The molecular formula is C11H22N2. The maximum absolute atomic E-state index is 2.54. The van der Waals surface area contributed by atoms with Gasteiger partial charge in [0.05, 0.1) is 0 Å². The van der Waals surface area contributed by atoms with Crippen molar-refractivity contribution in [3.8, 4) is 0 Å². The third kappa shape index (κ3) is 3.92. The van der Waals surface area contributed by atoms with E-state index in [0.717, 1.165) is 0 Å². The Morgan fingerprint density at radius 1 is 1.23 bits per heavy atom. The Labute approximate surface area is 82.2 Å². The second kappa shape index (κ2) is 5.40. The molecule has 0 aromatic rings. The summed E-state index contributed by atoms with van der Waals surface area (Å²) in [5.41, 5.74) is 1.52. The predicted octanol–water partition coefficient (Wildman–Crippen LogP) is 1.59. The van der Waals surface area contributed by atoms with Crippen LogP contribution in [0.5, 0.6) is 0 Å². The van der Waals surface area contributed by atoms with Crippen LogP contribution in [0.15, 0.2) is 11.6 Å². The summed E-state index contributed by atoms with van der Waals surface area (Å²) in [4.78, 5) is 4.94. The number of allylic oxidation sites excluding steroid dienone is 1. The molecule has 0 saturated carbocycles. The molecule has 0 bridgehead atoms. The summed E-state index contributed by atoms with van der Waals surface area (Å²) in [5, 5.41) is 0. The van der Waals surface area contributed by atoms with Crippen LogP contribution in [0.3, 0.4) is 0 Å². The largest absolute Gasteiger partial charge is 0.304 e. The number of hydrogen-bond acceptors (Lipinski definition) is 2. The van der Waals surface area contributed by atoms with E-state index < -0.39 is 0 Å². The molecule has 13 heavy (non-hydrogen) atoms. The molecule has 1 saturated heterocycles. The van der Waals surface area contributed by atoms with E-state index in [2.05, 4.69) is 36.8 Å². The van der Waals surface area contributed by atoms with E-state index in [9.17, 15) is 0 Å². The highest BCUT2D eigenvalue weighted by molar-refractivity contribution is 5.00. The fourth-order valence-electron chi connectivity index (χ4n) is 1.77. The van der Waals surface area contributed by atoms with Crippen LogP contribution in [0.4, 0.5) is 0 Å². The SMILES string of the molecule is CCC=C(C)CN1CCN(C)CC1. The number of piperazine rings is 1. The van der Waals surface area contributed by atoms with Gasteiger partial charge in [0.2, 0.25) is 0 Å².